The number of hydrogen-bond donors (Lipinski definition) is 0. The van der Waals surface area contributed by atoms with Gasteiger partial charge >= 0.3 is 6.03 Å². The first-order valence-corrected chi connectivity index (χ1v) is 10.2. The zero-order valence-electron chi connectivity index (χ0n) is 16.4. The third-order valence-electron chi connectivity index (χ3n) is 5.11. The minimum Gasteiger partial charge on any atom is -0.313 e. The standard InChI is InChI=1S/C24H22ClN3O2/c25-20-11-13-22(14-12-20)27-16-15-26(24(27)30)18-23(29)28(21-9-5-2-6-10-21)17-19-7-3-1-4-8-19/h1-14H,15-18H2. The molecule has 0 saturated carbocycles. The Morgan fingerprint density at radius 2 is 1.50 bits per heavy atom. The second-order valence-corrected chi connectivity index (χ2v) is 7.57. The van der Waals surface area contributed by atoms with Crippen LogP contribution in [0, 0.1) is 0 Å². The number of carbonyl (C=O) groups is 2. The van der Waals surface area contributed by atoms with Gasteiger partial charge in [-0.3, -0.25) is 9.69 Å². The first-order valence-electron chi connectivity index (χ1n) is 9.83. The lowest BCUT2D eigenvalue weighted by Crippen LogP contribution is -2.42. The molecule has 3 aromatic rings. The lowest BCUT2D eigenvalue weighted by Gasteiger charge is -2.26. The maximum Gasteiger partial charge on any atom is 0.325 e. The van der Waals surface area contributed by atoms with Crippen LogP contribution >= 0.6 is 11.6 Å². The van der Waals surface area contributed by atoms with Gasteiger partial charge in [0.2, 0.25) is 5.91 Å². The van der Waals surface area contributed by atoms with Crippen molar-refractivity contribution < 1.29 is 9.59 Å². The first-order chi connectivity index (χ1) is 14.6. The predicted molar refractivity (Wildman–Crippen MR) is 120 cm³/mol. The molecule has 6 heteroatoms. The molecule has 30 heavy (non-hydrogen) atoms. The molecule has 5 nitrogen and oxygen atoms in total. The molecule has 0 atom stereocenters. The number of amides is 3. The summed E-state index contributed by atoms with van der Waals surface area (Å²) in [6.07, 6.45) is 0. The van der Waals surface area contributed by atoms with Gasteiger partial charge in [-0.05, 0) is 42.0 Å². The monoisotopic (exact) mass is 419 g/mol. The van der Waals surface area contributed by atoms with Gasteiger partial charge in [0, 0.05) is 29.5 Å². The molecule has 4 rings (SSSR count). The van der Waals surface area contributed by atoms with E-state index in [2.05, 4.69) is 0 Å². The first kappa shape index (κ1) is 20.0. The Labute approximate surface area is 181 Å². The molecule has 0 spiro atoms. The van der Waals surface area contributed by atoms with Crippen molar-refractivity contribution in [1.82, 2.24) is 4.90 Å². The molecule has 1 aliphatic rings. The number of anilines is 2. The summed E-state index contributed by atoms with van der Waals surface area (Å²) in [5.41, 5.74) is 2.63. The summed E-state index contributed by atoms with van der Waals surface area (Å²) in [4.78, 5) is 31.1. The highest BCUT2D eigenvalue weighted by Gasteiger charge is 2.32. The lowest BCUT2D eigenvalue weighted by atomic mass is 10.2. The van der Waals surface area contributed by atoms with E-state index in [4.69, 9.17) is 11.6 Å². The van der Waals surface area contributed by atoms with Crippen molar-refractivity contribution in [2.24, 2.45) is 0 Å². The maximum absolute atomic E-state index is 13.2. The van der Waals surface area contributed by atoms with Crippen LogP contribution in [0.1, 0.15) is 5.56 Å². The van der Waals surface area contributed by atoms with E-state index in [1.165, 1.54) is 0 Å². The predicted octanol–water partition coefficient (Wildman–Crippen LogP) is 4.82. The Morgan fingerprint density at radius 1 is 0.867 bits per heavy atom. The van der Waals surface area contributed by atoms with Crippen LogP contribution in [0.5, 0.6) is 0 Å². The second kappa shape index (κ2) is 9.01. The SMILES string of the molecule is O=C(CN1CCN(c2ccc(Cl)cc2)C1=O)N(Cc1ccccc1)c1ccccc1. The van der Waals surface area contributed by atoms with Crippen LogP contribution in [-0.2, 0) is 11.3 Å². The molecule has 3 amide bonds. The average Bonchev–Trinajstić information content (AvgIpc) is 3.14. The highest BCUT2D eigenvalue weighted by Crippen LogP contribution is 2.23. The average molecular weight is 420 g/mol. The van der Waals surface area contributed by atoms with Crippen LogP contribution in [0.25, 0.3) is 0 Å². The zero-order chi connectivity index (χ0) is 20.9. The lowest BCUT2D eigenvalue weighted by molar-refractivity contribution is -0.119. The minimum atomic E-state index is -0.168. The summed E-state index contributed by atoms with van der Waals surface area (Å²) in [5.74, 6) is -0.114. The number of halogens is 1. The molecule has 0 unspecified atom stereocenters. The third kappa shape index (κ3) is 4.47. The third-order valence-corrected chi connectivity index (χ3v) is 5.36. The van der Waals surface area contributed by atoms with E-state index in [9.17, 15) is 9.59 Å². The molecule has 0 aromatic heterocycles. The number of benzene rings is 3. The smallest absolute Gasteiger partial charge is 0.313 e. The van der Waals surface area contributed by atoms with E-state index in [1.54, 1.807) is 26.8 Å². The maximum atomic E-state index is 13.2. The molecular formula is C24H22ClN3O2. The van der Waals surface area contributed by atoms with Gasteiger partial charge in [-0.15, -0.1) is 0 Å². The summed E-state index contributed by atoms with van der Waals surface area (Å²) >= 11 is 5.95. The van der Waals surface area contributed by atoms with Gasteiger partial charge in [0.25, 0.3) is 0 Å². The number of carbonyl (C=O) groups excluding carboxylic acids is 2. The fourth-order valence-corrected chi connectivity index (χ4v) is 3.66. The van der Waals surface area contributed by atoms with E-state index in [1.807, 2.05) is 72.8 Å². The van der Waals surface area contributed by atoms with E-state index >= 15 is 0 Å². The summed E-state index contributed by atoms with van der Waals surface area (Å²) in [7, 11) is 0. The van der Waals surface area contributed by atoms with Crippen molar-refractivity contribution in [3.05, 3.63) is 95.5 Å². The van der Waals surface area contributed by atoms with Crippen molar-refractivity contribution in [2.75, 3.05) is 29.4 Å². The van der Waals surface area contributed by atoms with Gasteiger partial charge in [-0.2, -0.15) is 0 Å². The number of para-hydroxylation sites is 1. The summed E-state index contributed by atoms with van der Waals surface area (Å²) in [6.45, 7) is 1.52. The number of urea groups is 1. The molecule has 0 N–H and O–H groups in total. The molecule has 1 saturated heterocycles. The van der Waals surface area contributed by atoms with Crippen molar-refractivity contribution in [1.29, 1.82) is 0 Å². The van der Waals surface area contributed by atoms with Crippen molar-refractivity contribution in [2.45, 2.75) is 6.54 Å². The van der Waals surface area contributed by atoms with Crippen molar-refractivity contribution in [3.63, 3.8) is 0 Å². The second-order valence-electron chi connectivity index (χ2n) is 7.13. The number of hydrogen-bond acceptors (Lipinski definition) is 2. The number of nitrogens with zero attached hydrogens (tertiary/aromatic N) is 3. The van der Waals surface area contributed by atoms with Gasteiger partial charge in [0.05, 0.1) is 6.54 Å². The van der Waals surface area contributed by atoms with E-state index in [-0.39, 0.29) is 18.5 Å². The highest BCUT2D eigenvalue weighted by molar-refractivity contribution is 6.30. The van der Waals surface area contributed by atoms with Gasteiger partial charge in [0.15, 0.2) is 0 Å². The molecule has 3 aromatic carbocycles. The summed E-state index contributed by atoms with van der Waals surface area (Å²) < 4.78 is 0. The fourth-order valence-electron chi connectivity index (χ4n) is 3.54. The van der Waals surface area contributed by atoms with Crippen LogP contribution in [0.4, 0.5) is 16.2 Å². The minimum absolute atomic E-state index is 0.0324. The van der Waals surface area contributed by atoms with Crippen molar-refractivity contribution in [3.8, 4) is 0 Å². The molecule has 0 bridgehead atoms. The molecule has 1 aliphatic heterocycles. The van der Waals surface area contributed by atoms with Gasteiger partial charge in [0.1, 0.15) is 6.54 Å². The fraction of sp³-hybridized carbons (Fsp3) is 0.167. The molecule has 1 heterocycles. The Kier molecular flexibility index (Phi) is 6.00. The van der Waals surface area contributed by atoms with Gasteiger partial charge in [-0.25, -0.2) is 4.79 Å². The van der Waals surface area contributed by atoms with E-state index in [0.717, 1.165) is 16.9 Å². The van der Waals surface area contributed by atoms with Gasteiger partial charge in [-0.1, -0.05) is 60.1 Å². The van der Waals surface area contributed by atoms with Crippen LogP contribution in [0.2, 0.25) is 5.02 Å². The normalized spacial score (nSPS) is 13.6. The Morgan fingerprint density at radius 3 is 2.17 bits per heavy atom. The Bertz CT molecular complexity index is 1010. The summed E-state index contributed by atoms with van der Waals surface area (Å²) in [5, 5.41) is 0.622. The summed E-state index contributed by atoms with van der Waals surface area (Å²) in [6, 6.07) is 26.4. The quantitative estimate of drug-likeness (QED) is 0.575. The molecule has 152 valence electrons. The largest absolute Gasteiger partial charge is 0.325 e. The van der Waals surface area contributed by atoms with Crippen LogP contribution < -0.4 is 9.80 Å². The van der Waals surface area contributed by atoms with Crippen LogP contribution in [-0.4, -0.2) is 36.5 Å². The Hall–Kier alpha value is -3.31. The van der Waals surface area contributed by atoms with Crippen molar-refractivity contribution >= 4 is 34.9 Å². The molecular weight excluding hydrogens is 398 g/mol. The number of rotatable bonds is 6. The highest BCUT2D eigenvalue weighted by atomic mass is 35.5. The zero-order valence-corrected chi connectivity index (χ0v) is 17.2. The molecule has 1 fully saturated rings. The topological polar surface area (TPSA) is 43.9 Å². The van der Waals surface area contributed by atoms with E-state index < -0.39 is 0 Å². The Balaban J connectivity index is 1.49. The molecule has 0 radical (unpaired) electrons. The molecule has 0 aliphatic carbocycles. The van der Waals surface area contributed by atoms with Crippen LogP contribution in [0.15, 0.2) is 84.9 Å². The van der Waals surface area contributed by atoms with Crippen LogP contribution in [0.3, 0.4) is 0 Å². The van der Waals surface area contributed by atoms with E-state index in [0.29, 0.717) is 24.7 Å². The van der Waals surface area contributed by atoms with Gasteiger partial charge < -0.3 is 9.80 Å².